The summed E-state index contributed by atoms with van der Waals surface area (Å²) in [5.41, 5.74) is 0.00537. The fourth-order valence-electron chi connectivity index (χ4n) is 3.09. The van der Waals surface area contributed by atoms with Crippen LogP contribution in [0.5, 0.6) is 11.5 Å². The first kappa shape index (κ1) is 29.1. The molecule has 4 N–H and O–H groups in total. The van der Waals surface area contributed by atoms with Gasteiger partial charge in [-0.3, -0.25) is 9.59 Å². The smallest absolute Gasteiger partial charge is 0.327 e. The number of hydrogen-bond acceptors (Lipinski definition) is 7. The number of ether oxygens (including phenoxy) is 2. The molecule has 2 aromatic carbocycles. The lowest BCUT2D eigenvalue weighted by molar-refractivity contribution is -0.140. The third-order valence-electron chi connectivity index (χ3n) is 4.89. The zero-order valence-corrected chi connectivity index (χ0v) is 21.6. The van der Waals surface area contributed by atoms with Crippen LogP contribution >= 0.6 is 35.0 Å². The van der Waals surface area contributed by atoms with Crippen LogP contribution in [-0.4, -0.2) is 71.8 Å². The van der Waals surface area contributed by atoms with Gasteiger partial charge in [0.2, 0.25) is 0 Å². The first-order valence-electron chi connectivity index (χ1n) is 10.4. The van der Waals surface area contributed by atoms with E-state index in [9.17, 15) is 29.4 Å². The molecule has 0 fully saturated rings. The highest BCUT2D eigenvalue weighted by molar-refractivity contribution is 7.99. The molecule has 2 amide bonds. The summed E-state index contributed by atoms with van der Waals surface area (Å²) in [5, 5.41) is 24.0. The lowest BCUT2D eigenvalue weighted by Crippen LogP contribution is -2.43. The molecule has 0 saturated heterocycles. The Kier molecular flexibility index (Phi) is 11.2. The second-order valence-corrected chi connectivity index (χ2v) is 9.19. The molecule has 2 aromatic rings. The van der Waals surface area contributed by atoms with Crippen molar-refractivity contribution in [2.75, 3.05) is 25.7 Å². The number of methoxy groups -OCH3 is 2. The monoisotopic (exact) mass is 558 g/mol. The average Bonchev–Trinajstić information content (AvgIpc) is 2.83. The normalized spacial score (nSPS) is 12.2. The van der Waals surface area contributed by atoms with Gasteiger partial charge in [-0.25, -0.2) is 9.59 Å². The number of carbonyl (C=O) groups excluding carboxylic acids is 2. The molecule has 0 heterocycles. The van der Waals surface area contributed by atoms with Gasteiger partial charge in [0.25, 0.3) is 11.8 Å². The van der Waals surface area contributed by atoms with Crippen LogP contribution in [0.1, 0.15) is 27.1 Å². The van der Waals surface area contributed by atoms with E-state index in [1.807, 2.05) is 0 Å². The molecule has 2 atom stereocenters. The molecule has 0 bridgehead atoms. The van der Waals surface area contributed by atoms with Gasteiger partial charge in [0.05, 0.1) is 29.8 Å². The second kappa shape index (κ2) is 13.8. The number of aliphatic carboxylic acids is 2. The van der Waals surface area contributed by atoms with E-state index >= 15 is 0 Å². The molecule has 194 valence electrons. The first-order chi connectivity index (χ1) is 17.1. The summed E-state index contributed by atoms with van der Waals surface area (Å²) in [6, 6.07) is 6.61. The second-order valence-electron chi connectivity index (χ2n) is 7.23. The van der Waals surface area contributed by atoms with E-state index < -0.39 is 35.8 Å². The molecule has 0 spiro atoms. The van der Waals surface area contributed by atoms with E-state index in [0.29, 0.717) is 0 Å². The van der Waals surface area contributed by atoms with Crippen LogP contribution in [0.2, 0.25) is 10.0 Å². The Hall–Kier alpha value is -3.15. The van der Waals surface area contributed by atoms with Crippen LogP contribution in [0.3, 0.4) is 0 Å². The van der Waals surface area contributed by atoms with Crippen molar-refractivity contribution in [3.63, 3.8) is 0 Å². The SMILES string of the molecule is COc1cccc(OC)c1C(=O)N[C@@H](CSCC[C@H](NC(=O)c1c(Cl)cccc1Cl)C(=O)O)C(=O)O. The Bertz CT molecular complexity index is 1090. The van der Waals surface area contributed by atoms with Crippen LogP contribution in [-0.2, 0) is 9.59 Å². The van der Waals surface area contributed by atoms with Crippen molar-refractivity contribution in [1.82, 2.24) is 10.6 Å². The number of halogens is 2. The van der Waals surface area contributed by atoms with Gasteiger partial charge in [-0.05, 0) is 36.4 Å². The fraction of sp³-hybridized carbons (Fsp3) is 0.304. The molecule has 0 unspecified atom stereocenters. The van der Waals surface area contributed by atoms with Crippen LogP contribution < -0.4 is 20.1 Å². The maximum Gasteiger partial charge on any atom is 0.327 e. The van der Waals surface area contributed by atoms with Crippen molar-refractivity contribution < 1.29 is 38.9 Å². The number of amides is 2. The minimum absolute atomic E-state index is 0.0194. The maximum atomic E-state index is 12.8. The Balaban J connectivity index is 1.98. The number of rotatable bonds is 13. The zero-order valence-electron chi connectivity index (χ0n) is 19.2. The van der Waals surface area contributed by atoms with Crippen molar-refractivity contribution in [2.45, 2.75) is 18.5 Å². The van der Waals surface area contributed by atoms with E-state index in [2.05, 4.69) is 10.6 Å². The maximum absolute atomic E-state index is 12.8. The lowest BCUT2D eigenvalue weighted by Gasteiger charge is -2.18. The largest absolute Gasteiger partial charge is 0.496 e. The Morgan fingerprint density at radius 2 is 1.31 bits per heavy atom. The molecule has 0 saturated carbocycles. The minimum Gasteiger partial charge on any atom is -0.496 e. The van der Waals surface area contributed by atoms with E-state index in [-0.39, 0.29) is 50.6 Å². The molecule has 13 heteroatoms. The third kappa shape index (κ3) is 7.67. The van der Waals surface area contributed by atoms with Crippen molar-refractivity contribution >= 4 is 58.7 Å². The highest BCUT2D eigenvalue weighted by Gasteiger charge is 2.26. The number of carboxylic acids is 2. The van der Waals surface area contributed by atoms with E-state index in [1.54, 1.807) is 12.1 Å². The summed E-state index contributed by atoms with van der Waals surface area (Å²) in [5.74, 6) is -3.47. The van der Waals surface area contributed by atoms with Gasteiger partial charge >= 0.3 is 11.9 Å². The Morgan fingerprint density at radius 3 is 1.81 bits per heavy atom. The molecule has 2 rings (SSSR count). The minimum atomic E-state index is -1.28. The molecule has 10 nitrogen and oxygen atoms in total. The van der Waals surface area contributed by atoms with Crippen molar-refractivity contribution in [3.05, 3.63) is 57.6 Å². The Labute approximate surface area is 221 Å². The molecule has 0 aromatic heterocycles. The highest BCUT2D eigenvalue weighted by Crippen LogP contribution is 2.28. The predicted octanol–water partition coefficient (Wildman–Crippen LogP) is 3.20. The number of hydrogen-bond donors (Lipinski definition) is 4. The van der Waals surface area contributed by atoms with E-state index in [4.69, 9.17) is 32.7 Å². The van der Waals surface area contributed by atoms with Crippen LogP contribution in [0, 0.1) is 0 Å². The van der Waals surface area contributed by atoms with Crippen molar-refractivity contribution in [2.24, 2.45) is 0 Å². The average molecular weight is 559 g/mol. The molecule has 0 aliphatic heterocycles. The molecule has 0 aliphatic carbocycles. The van der Waals surface area contributed by atoms with Crippen molar-refractivity contribution in [1.29, 1.82) is 0 Å². The molecular weight excluding hydrogens is 535 g/mol. The number of thioether (sulfide) groups is 1. The van der Waals surface area contributed by atoms with Gasteiger partial charge in [-0.1, -0.05) is 35.3 Å². The molecule has 36 heavy (non-hydrogen) atoms. The van der Waals surface area contributed by atoms with Gasteiger partial charge in [-0.15, -0.1) is 0 Å². The summed E-state index contributed by atoms with van der Waals surface area (Å²) >= 11 is 13.1. The van der Waals surface area contributed by atoms with Gasteiger partial charge < -0.3 is 30.3 Å². The number of carbonyl (C=O) groups is 4. The molecular formula is C23H24Cl2N2O8S. The van der Waals surface area contributed by atoms with Crippen LogP contribution in [0.25, 0.3) is 0 Å². The Morgan fingerprint density at radius 1 is 0.833 bits per heavy atom. The van der Waals surface area contributed by atoms with Crippen LogP contribution in [0.15, 0.2) is 36.4 Å². The topological polar surface area (TPSA) is 151 Å². The summed E-state index contributed by atoms with van der Waals surface area (Å²) in [4.78, 5) is 48.6. The quantitative estimate of drug-likeness (QED) is 0.271. The van der Waals surface area contributed by atoms with Crippen LogP contribution in [0.4, 0.5) is 0 Å². The van der Waals surface area contributed by atoms with E-state index in [0.717, 1.165) is 11.8 Å². The molecule has 0 radical (unpaired) electrons. The lowest BCUT2D eigenvalue weighted by atomic mass is 10.1. The van der Waals surface area contributed by atoms with E-state index in [1.165, 1.54) is 38.5 Å². The summed E-state index contributed by atoms with van der Waals surface area (Å²) < 4.78 is 10.4. The number of nitrogens with one attached hydrogen (secondary N) is 2. The third-order valence-corrected chi connectivity index (χ3v) is 6.61. The van der Waals surface area contributed by atoms with Gasteiger partial charge in [0.1, 0.15) is 29.1 Å². The number of carboxylic acid groups (broad SMARTS) is 2. The highest BCUT2D eigenvalue weighted by atomic mass is 35.5. The van der Waals surface area contributed by atoms with Gasteiger partial charge in [-0.2, -0.15) is 11.8 Å². The zero-order chi connectivity index (χ0) is 26.8. The first-order valence-corrected chi connectivity index (χ1v) is 12.3. The molecule has 0 aliphatic rings. The predicted molar refractivity (Wildman–Crippen MR) is 136 cm³/mol. The van der Waals surface area contributed by atoms with Gasteiger partial charge in [0.15, 0.2) is 0 Å². The fourth-order valence-corrected chi connectivity index (χ4v) is 4.68. The van der Waals surface area contributed by atoms with Crippen molar-refractivity contribution in [3.8, 4) is 11.5 Å². The summed E-state index contributed by atoms with van der Waals surface area (Å²) in [6.07, 6.45) is -0.0194. The summed E-state index contributed by atoms with van der Waals surface area (Å²) in [6.45, 7) is 0. The van der Waals surface area contributed by atoms with Gasteiger partial charge in [0, 0.05) is 5.75 Å². The standard InChI is InChI=1S/C23H24Cl2N2O8S/c1-34-16-7-4-8-17(35-2)19(16)21(29)27-15(23(32)33)11-36-10-9-14(22(30)31)26-20(28)18-12(24)5-3-6-13(18)25/h3-8,14-15H,9-11H2,1-2H3,(H,26,28)(H,27,29)(H,30,31)(H,32,33)/t14-,15-/m0/s1. The summed E-state index contributed by atoms with van der Waals surface area (Å²) in [7, 11) is 2.74. The number of benzene rings is 2.